The highest BCUT2D eigenvalue weighted by Crippen LogP contribution is 2.40. The number of nitrogen functional groups attached to an aromatic ring is 1. The van der Waals surface area contributed by atoms with E-state index in [1.54, 1.807) is 6.07 Å². The smallest absolute Gasteiger partial charge is 0.259 e. The molecule has 2 aromatic carbocycles. The van der Waals surface area contributed by atoms with Crippen LogP contribution in [0.2, 0.25) is 0 Å². The topological polar surface area (TPSA) is 92.5 Å². The number of carbonyl (C=O) groups is 3. The first-order valence-corrected chi connectivity index (χ1v) is 7.06. The summed E-state index contributed by atoms with van der Waals surface area (Å²) in [5, 5.41) is 3.98. The van der Waals surface area contributed by atoms with Crippen LogP contribution in [-0.2, 0) is 9.59 Å². The number of carbonyl (C=O) groups excluding carboxylic acids is 3. The second kappa shape index (κ2) is 4.30. The lowest BCUT2D eigenvalue weighted by atomic mass is 10.0. The number of hydrogen-bond acceptors (Lipinski definition) is 4. The highest BCUT2D eigenvalue weighted by molar-refractivity contribution is 6.27. The fourth-order valence-electron chi connectivity index (χ4n) is 3.28. The van der Waals surface area contributed by atoms with Crippen molar-refractivity contribution in [1.29, 1.82) is 0 Å². The van der Waals surface area contributed by atoms with E-state index in [2.05, 4.69) is 5.32 Å². The van der Waals surface area contributed by atoms with Crippen LogP contribution in [0.4, 0.5) is 11.4 Å². The van der Waals surface area contributed by atoms with Crippen LogP contribution in [0.5, 0.6) is 0 Å². The van der Waals surface area contributed by atoms with Gasteiger partial charge in [-0.2, -0.15) is 0 Å². The van der Waals surface area contributed by atoms with Crippen molar-refractivity contribution in [2.75, 3.05) is 10.6 Å². The Morgan fingerprint density at radius 2 is 2.00 bits per heavy atom. The lowest BCUT2D eigenvalue weighted by Gasteiger charge is -2.30. The molecule has 6 heteroatoms. The Morgan fingerprint density at radius 1 is 1.18 bits per heavy atom. The van der Waals surface area contributed by atoms with Gasteiger partial charge in [-0.25, -0.2) is 0 Å². The maximum atomic E-state index is 12.8. The summed E-state index contributed by atoms with van der Waals surface area (Å²) in [5.41, 5.74) is 7.58. The van der Waals surface area contributed by atoms with Gasteiger partial charge < -0.3 is 5.73 Å². The van der Waals surface area contributed by atoms with Crippen LogP contribution in [0.1, 0.15) is 23.2 Å². The molecule has 4 rings (SSSR count). The van der Waals surface area contributed by atoms with Gasteiger partial charge in [-0.3, -0.25) is 24.6 Å². The quantitative estimate of drug-likeness (QED) is 0.610. The van der Waals surface area contributed by atoms with Gasteiger partial charge in [-0.05, 0) is 30.0 Å². The molecule has 0 spiro atoms. The Balaban J connectivity index is 1.88. The zero-order valence-corrected chi connectivity index (χ0v) is 11.6. The Labute approximate surface area is 125 Å². The van der Waals surface area contributed by atoms with E-state index < -0.39 is 11.9 Å². The minimum atomic E-state index is -0.663. The molecule has 2 aromatic rings. The van der Waals surface area contributed by atoms with Crippen LogP contribution in [0.25, 0.3) is 10.8 Å². The fourth-order valence-corrected chi connectivity index (χ4v) is 3.28. The molecule has 6 nitrogen and oxygen atoms in total. The number of anilines is 2. The molecule has 3 N–H and O–H groups in total. The number of piperidine rings is 1. The van der Waals surface area contributed by atoms with Gasteiger partial charge in [0.05, 0.1) is 11.3 Å². The van der Waals surface area contributed by atoms with E-state index in [0.717, 1.165) is 10.8 Å². The summed E-state index contributed by atoms with van der Waals surface area (Å²) in [6.07, 6.45) is 0.560. The number of nitrogens with zero attached hydrogens (tertiary/aromatic N) is 1. The monoisotopic (exact) mass is 295 g/mol. The lowest BCUT2D eigenvalue weighted by Crippen LogP contribution is -2.53. The lowest BCUT2D eigenvalue weighted by molar-refractivity contribution is -0.134. The van der Waals surface area contributed by atoms with Crippen molar-refractivity contribution in [2.24, 2.45) is 0 Å². The first-order valence-electron chi connectivity index (χ1n) is 7.06. The molecule has 0 aromatic heterocycles. The zero-order valence-electron chi connectivity index (χ0n) is 11.6. The van der Waals surface area contributed by atoms with E-state index in [4.69, 9.17) is 5.73 Å². The molecule has 22 heavy (non-hydrogen) atoms. The number of benzene rings is 2. The van der Waals surface area contributed by atoms with Gasteiger partial charge in [0, 0.05) is 17.5 Å². The van der Waals surface area contributed by atoms with Gasteiger partial charge in [0.25, 0.3) is 5.91 Å². The maximum Gasteiger partial charge on any atom is 0.259 e. The Morgan fingerprint density at radius 3 is 2.77 bits per heavy atom. The van der Waals surface area contributed by atoms with Gasteiger partial charge >= 0.3 is 0 Å². The van der Waals surface area contributed by atoms with E-state index in [1.165, 1.54) is 4.90 Å². The minimum Gasteiger partial charge on any atom is -0.399 e. The van der Waals surface area contributed by atoms with Crippen molar-refractivity contribution in [1.82, 2.24) is 5.32 Å². The molecule has 1 atom stereocenters. The van der Waals surface area contributed by atoms with E-state index >= 15 is 0 Å². The van der Waals surface area contributed by atoms with Gasteiger partial charge in [0.2, 0.25) is 11.8 Å². The molecule has 0 radical (unpaired) electrons. The van der Waals surface area contributed by atoms with E-state index in [1.807, 2.05) is 24.3 Å². The highest BCUT2D eigenvalue weighted by Gasteiger charge is 2.40. The van der Waals surface area contributed by atoms with Gasteiger partial charge in [0.1, 0.15) is 6.04 Å². The normalized spacial score (nSPS) is 20.6. The predicted octanol–water partition coefficient (Wildman–Crippen LogP) is 1.19. The zero-order chi connectivity index (χ0) is 15.4. The molecular formula is C16H13N3O3. The summed E-state index contributed by atoms with van der Waals surface area (Å²) in [6, 6.07) is 8.32. The SMILES string of the molecule is Nc1cc2c3c(cccc3c1)N(C1CCC(=O)NC1=O)C2=O. The molecular weight excluding hydrogens is 282 g/mol. The molecule has 0 bridgehead atoms. The molecule has 1 unspecified atom stereocenters. The van der Waals surface area contributed by atoms with Gasteiger partial charge in [0.15, 0.2) is 0 Å². The second-order valence-corrected chi connectivity index (χ2v) is 5.59. The Hall–Kier alpha value is -2.89. The number of nitrogens with two attached hydrogens (primary N) is 1. The van der Waals surface area contributed by atoms with Gasteiger partial charge in [-0.1, -0.05) is 12.1 Å². The van der Waals surface area contributed by atoms with Crippen molar-refractivity contribution < 1.29 is 14.4 Å². The molecule has 110 valence electrons. The Kier molecular flexibility index (Phi) is 2.51. The van der Waals surface area contributed by atoms with Crippen LogP contribution in [0, 0.1) is 0 Å². The van der Waals surface area contributed by atoms with Crippen LogP contribution < -0.4 is 16.0 Å². The maximum absolute atomic E-state index is 12.8. The summed E-state index contributed by atoms with van der Waals surface area (Å²) >= 11 is 0. The number of rotatable bonds is 1. The van der Waals surface area contributed by atoms with Crippen molar-refractivity contribution >= 4 is 39.9 Å². The average molecular weight is 295 g/mol. The number of imide groups is 1. The van der Waals surface area contributed by atoms with E-state index in [-0.39, 0.29) is 18.2 Å². The van der Waals surface area contributed by atoms with Crippen molar-refractivity contribution in [3.8, 4) is 0 Å². The van der Waals surface area contributed by atoms with E-state index in [0.29, 0.717) is 23.4 Å². The molecule has 2 heterocycles. The van der Waals surface area contributed by atoms with Crippen LogP contribution in [0.15, 0.2) is 30.3 Å². The molecule has 0 saturated carbocycles. The molecule has 2 aliphatic heterocycles. The largest absolute Gasteiger partial charge is 0.399 e. The number of amides is 3. The van der Waals surface area contributed by atoms with Crippen molar-refractivity contribution in [2.45, 2.75) is 18.9 Å². The van der Waals surface area contributed by atoms with Crippen LogP contribution in [0.3, 0.4) is 0 Å². The van der Waals surface area contributed by atoms with Crippen molar-refractivity contribution in [3.63, 3.8) is 0 Å². The van der Waals surface area contributed by atoms with Crippen molar-refractivity contribution in [3.05, 3.63) is 35.9 Å². The first kappa shape index (κ1) is 12.8. The summed E-state index contributed by atoms with van der Waals surface area (Å²) in [7, 11) is 0. The summed E-state index contributed by atoms with van der Waals surface area (Å²) < 4.78 is 0. The van der Waals surface area contributed by atoms with Crippen LogP contribution >= 0.6 is 0 Å². The molecule has 2 aliphatic rings. The number of nitrogens with one attached hydrogen (secondary N) is 1. The molecule has 1 saturated heterocycles. The third kappa shape index (κ3) is 1.64. The summed E-state index contributed by atoms with van der Waals surface area (Å²) in [6.45, 7) is 0. The Bertz CT molecular complexity index is 859. The average Bonchev–Trinajstić information content (AvgIpc) is 2.74. The minimum absolute atomic E-state index is 0.231. The highest BCUT2D eigenvalue weighted by atomic mass is 16.2. The first-order chi connectivity index (χ1) is 10.6. The third-order valence-electron chi connectivity index (χ3n) is 4.21. The number of hydrogen-bond donors (Lipinski definition) is 2. The van der Waals surface area contributed by atoms with Gasteiger partial charge in [-0.15, -0.1) is 0 Å². The molecule has 1 fully saturated rings. The predicted molar refractivity (Wildman–Crippen MR) is 81.3 cm³/mol. The standard InChI is InChI=1S/C16H13N3O3/c17-9-6-8-2-1-3-11-14(8)10(7-9)16(22)19(11)12-4-5-13(20)18-15(12)21/h1-3,6-7,12H,4-5,17H2,(H,18,20,21). The molecule has 0 aliphatic carbocycles. The second-order valence-electron chi connectivity index (χ2n) is 5.59. The summed E-state index contributed by atoms with van der Waals surface area (Å²) in [5.74, 6) is -0.969. The summed E-state index contributed by atoms with van der Waals surface area (Å²) in [4.78, 5) is 37.7. The third-order valence-corrected chi connectivity index (χ3v) is 4.21. The van der Waals surface area contributed by atoms with E-state index in [9.17, 15) is 14.4 Å². The molecule has 3 amide bonds. The fraction of sp³-hybridized carbons (Fsp3) is 0.188. The van der Waals surface area contributed by atoms with Crippen LogP contribution in [-0.4, -0.2) is 23.8 Å².